The topological polar surface area (TPSA) is 92.8 Å². The van der Waals surface area contributed by atoms with Gasteiger partial charge in [-0.3, -0.25) is 9.89 Å². The molecule has 0 fully saturated rings. The summed E-state index contributed by atoms with van der Waals surface area (Å²) in [6.45, 7) is 7.38. The summed E-state index contributed by atoms with van der Waals surface area (Å²) in [5.41, 5.74) is 1.99. The summed E-state index contributed by atoms with van der Waals surface area (Å²) in [7, 11) is 0. The summed E-state index contributed by atoms with van der Waals surface area (Å²) in [6, 6.07) is 1.79. The first-order chi connectivity index (χ1) is 9.85. The minimum Gasteiger partial charge on any atom is -0.459 e. The number of hydrogen-bond donors (Lipinski definition) is 2. The maximum absolute atomic E-state index is 11.6. The van der Waals surface area contributed by atoms with Gasteiger partial charge in [0.05, 0.1) is 11.4 Å². The fourth-order valence-corrected chi connectivity index (χ4v) is 1.74. The van der Waals surface area contributed by atoms with E-state index in [-0.39, 0.29) is 12.5 Å². The number of H-pyrrole nitrogens is 1. The summed E-state index contributed by atoms with van der Waals surface area (Å²) in [4.78, 5) is 20.1. The highest BCUT2D eigenvalue weighted by Crippen LogP contribution is 2.19. The Kier molecular flexibility index (Phi) is 4.21. The van der Waals surface area contributed by atoms with Gasteiger partial charge in [0.2, 0.25) is 5.95 Å². The van der Waals surface area contributed by atoms with Gasteiger partial charge in [-0.1, -0.05) is 0 Å². The van der Waals surface area contributed by atoms with E-state index in [1.54, 1.807) is 18.5 Å². The Balaban J connectivity index is 2.02. The summed E-state index contributed by atoms with van der Waals surface area (Å²) in [6.07, 6.45) is 3.40. The third-order valence-electron chi connectivity index (χ3n) is 2.57. The normalized spacial score (nSPS) is 11.2. The minimum atomic E-state index is -0.505. The highest BCUT2D eigenvalue weighted by atomic mass is 16.6. The Bertz CT molecular complexity index is 630. The fraction of sp³-hybridized carbons (Fsp3) is 0.429. The number of aromatic amines is 1. The molecular formula is C14H19N5O2. The molecule has 0 aliphatic heterocycles. The average Bonchev–Trinajstić information content (AvgIpc) is 2.81. The zero-order chi connectivity index (χ0) is 15.5. The average molecular weight is 289 g/mol. The minimum absolute atomic E-state index is 0.0189. The number of carbonyl (C=O) groups excluding carboxylic acids is 1. The van der Waals surface area contributed by atoms with Crippen LogP contribution in [0.25, 0.3) is 11.3 Å². The molecule has 0 atom stereocenters. The molecule has 0 spiro atoms. The predicted octanol–water partition coefficient (Wildman–Crippen LogP) is 1.93. The van der Waals surface area contributed by atoms with Crippen molar-refractivity contribution in [1.82, 2.24) is 20.2 Å². The molecule has 2 N–H and O–H groups in total. The van der Waals surface area contributed by atoms with E-state index >= 15 is 0 Å². The lowest BCUT2D eigenvalue weighted by molar-refractivity contribution is -0.152. The number of hydrogen-bond acceptors (Lipinski definition) is 6. The highest BCUT2D eigenvalue weighted by Gasteiger charge is 2.16. The third-order valence-corrected chi connectivity index (χ3v) is 2.57. The molecule has 0 bridgehead atoms. The van der Waals surface area contributed by atoms with Gasteiger partial charge >= 0.3 is 5.97 Å². The van der Waals surface area contributed by atoms with Gasteiger partial charge in [0.15, 0.2) is 0 Å². The molecular weight excluding hydrogens is 270 g/mol. The van der Waals surface area contributed by atoms with Crippen molar-refractivity contribution < 1.29 is 9.53 Å². The second kappa shape index (κ2) is 5.90. The molecule has 2 rings (SSSR count). The Labute approximate surface area is 123 Å². The zero-order valence-corrected chi connectivity index (χ0v) is 12.6. The lowest BCUT2D eigenvalue weighted by Crippen LogP contribution is -2.28. The van der Waals surface area contributed by atoms with Crippen molar-refractivity contribution in [3.8, 4) is 11.3 Å². The van der Waals surface area contributed by atoms with Crippen LogP contribution in [0.2, 0.25) is 0 Å². The molecule has 7 heteroatoms. The van der Waals surface area contributed by atoms with Crippen molar-refractivity contribution in [3.05, 3.63) is 24.2 Å². The molecule has 0 radical (unpaired) electrons. The SMILES string of the molecule is Cc1n[nH]cc1-c1ccnc(NCC(=O)OC(C)(C)C)n1. The first-order valence-corrected chi connectivity index (χ1v) is 6.65. The lowest BCUT2D eigenvalue weighted by atomic mass is 10.2. The van der Waals surface area contributed by atoms with E-state index in [0.29, 0.717) is 5.95 Å². The van der Waals surface area contributed by atoms with Crippen molar-refractivity contribution >= 4 is 11.9 Å². The molecule has 21 heavy (non-hydrogen) atoms. The van der Waals surface area contributed by atoms with Gasteiger partial charge < -0.3 is 10.1 Å². The van der Waals surface area contributed by atoms with E-state index in [1.807, 2.05) is 27.7 Å². The number of rotatable bonds is 4. The van der Waals surface area contributed by atoms with Crippen LogP contribution in [-0.4, -0.2) is 38.3 Å². The maximum Gasteiger partial charge on any atom is 0.325 e. The molecule has 0 amide bonds. The molecule has 0 aromatic carbocycles. The van der Waals surface area contributed by atoms with Gasteiger partial charge in [0.25, 0.3) is 0 Å². The summed E-state index contributed by atoms with van der Waals surface area (Å²) < 4.78 is 5.21. The quantitative estimate of drug-likeness (QED) is 0.835. The van der Waals surface area contributed by atoms with Crippen LogP contribution in [0, 0.1) is 6.92 Å². The van der Waals surface area contributed by atoms with E-state index in [9.17, 15) is 4.79 Å². The van der Waals surface area contributed by atoms with Crippen molar-refractivity contribution in [3.63, 3.8) is 0 Å². The Morgan fingerprint density at radius 2 is 2.19 bits per heavy atom. The molecule has 2 aromatic heterocycles. The molecule has 0 aliphatic carbocycles. The van der Waals surface area contributed by atoms with Crippen molar-refractivity contribution in [2.45, 2.75) is 33.3 Å². The molecule has 0 unspecified atom stereocenters. The fourth-order valence-electron chi connectivity index (χ4n) is 1.74. The third kappa shape index (κ3) is 4.27. The predicted molar refractivity (Wildman–Crippen MR) is 78.7 cm³/mol. The van der Waals surface area contributed by atoms with Crippen LogP contribution in [0.1, 0.15) is 26.5 Å². The van der Waals surface area contributed by atoms with Crippen molar-refractivity contribution in [2.75, 3.05) is 11.9 Å². The number of ether oxygens (including phenoxy) is 1. The number of aryl methyl sites for hydroxylation is 1. The van der Waals surface area contributed by atoms with Crippen LogP contribution < -0.4 is 5.32 Å². The van der Waals surface area contributed by atoms with E-state index in [1.165, 1.54) is 0 Å². The van der Waals surface area contributed by atoms with Crippen LogP contribution in [0.3, 0.4) is 0 Å². The van der Waals surface area contributed by atoms with Crippen molar-refractivity contribution in [2.24, 2.45) is 0 Å². The summed E-state index contributed by atoms with van der Waals surface area (Å²) in [5.74, 6) is 0.0231. The molecule has 0 aliphatic rings. The van der Waals surface area contributed by atoms with Crippen LogP contribution in [0.15, 0.2) is 18.5 Å². The molecule has 7 nitrogen and oxygen atoms in total. The number of carbonyl (C=O) groups is 1. The largest absolute Gasteiger partial charge is 0.459 e. The Hall–Kier alpha value is -2.44. The first-order valence-electron chi connectivity index (χ1n) is 6.65. The molecule has 0 saturated carbocycles. The van der Waals surface area contributed by atoms with Gasteiger partial charge in [-0.2, -0.15) is 5.10 Å². The molecule has 2 aromatic rings. The first kappa shape index (κ1) is 15.0. The summed E-state index contributed by atoms with van der Waals surface area (Å²) >= 11 is 0. The van der Waals surface area contributed by atoms with Crippen LogP contribution in [0.5, 0.6) is 0 Å². The van der Waals surface area contributed by atoms with Gasteiger partial charge in [-0.05, 0) is 33.8 Å². The number of esters is 1. The van der Waals surface area contributed by atoms with Gasteiger partial charge in [0, 0.05) is 18.0 Å². The van der Waals surface area contributed by atoms with Gasteiger partial charge in [-0.15, -0.1) is 0 Å². The van der Waals surface area contributed by atoms with E-state index in [4.69, 9.17) is 4.74 Å². The monoisotopic (exact) mass is 289 g/mol. The number of anilines is 1. The molecule has 112 valence electrons. The number of nitrogens with zero attached hydrogens (tertiary/aromatic N) is 3. The van der Waals surface area contributed by atoms with Crippen molar-refractivity contribution in [1.29, 1.82) is 0 Å². The van der Waals surface area contributed by atoms with E-state index in [0.717, 1.165) is 17.0 Å². The second-order valence-electron chi connectivity index (χ2n) is 5.59. The van der Waals surface area contributed by atoms with E-state index < -0.39 is 5.60 Å². The smallest absolute Gasteiger partial charge is 0.325 e. The number of aromatic nitrogens is 4. The van der Waals surface area contributed by atoms with Gasteiger partial charge in [0.1, 0.15) is 12.1 Å². The molecule has 2 heterocycles. The van der Waals surface area contributed by atoms with Gasteiger partial charge in [-0.25, -0.2) is 9.97 Å². The zero-order valence-electron chi connectivity index (χ0n) is 12.6. The summed E-state index contributed by atoms with van der Waals surface area (Å²) in [5, 5.41) is 9.71. The Morgan fingerprint density at radius 3 is 2.81 bits per heavy atom. The van der Waals surface area contributed by atoms with Crippen LogP contribution >= 0.6 is 0 Å². The second-order valence-corrected chi connectivity index (χ2v) is 5.59. The highest BCUT2D eigenvalue weighted by molar-refractivity contribution is 5.74. The van der Waals surface area contributed by atoms with Crippen LogP contribution in [-0.2, 0) is 9.53 Å². The Morgan fingerprint density at radius 1 is 1.43 bits per heavy atom. The maximum atomic E-state index is 11.6. The number of nitrogens with one attached hydrogen (secondary N) is 2. The standard InChI is InChI=1S/C14H19N5O2/c1-9-10(7-17-19-9)11-5-6-15-13(18-11)16-8-12(20)21-14(2,3)4/h5-7H,8H2,1-4H3,(H,17,19)(H,15,16,18). The molecule has 0 saturated heterocycles. The lowest BCUT2D eigenvalue weighted by Gasteiger charge is -2.19. The van der Waals surface area contributed by atoms with E-state index in [2.05, 4.69) is 25.5 Å². The van der Waals surface area contributed by atoms with Crippen LogP contribution in [0.4, 0.5) is 5.95 Å².